The molecular formula is C16H17IN2O2. The molecule has 0 fully saturated rings. The Balaban J connectivity index is 2.43. The Morgan fingerprint density at radius 2 is 1.95 bits per heavy atom. The third-order valence-electron chi connectivity index (χ3n) is 2.94. The second kappa shape index (κ2) is 6.01. The predicted molar refractivity (Wildman–Crippen MR) is 92.3 cm³/mol. The van der Waals surface area contributed by atoms with Gasteiger partial charge >= 0.3 is 5.97 Å². The summed E-state index contributed by atoms with van der Waals surface area (Å²) in [7, 11) is 0. The van der Waals surface area contributed by atoms with Crippen LogP contribution in [0.1, 0.15) is 36.8 Å². The fourth-order valence-corrected chi connectivity index (χ4v) is 2.36. The second-order valence-electron chi connectivity index (χ2n) is 5.82. The van der Waals surface area contributed by atoms with E-state index in [1.54, 1.807) is 12.1 Å². The minimum absolute atomic E-state index is 0.215. The Kier molecular flexibility index (Phi) is 4.51. The highest BCUT2D eigenvalue weighted by atomic mass is 127. The van der Waals surface area contributed by atoms with Crippen LogP contribution in [0.15, 0.2) is 36.4 Å². The van der Waals surface area contributed by atoms with E-state index in [2.05, 4.69) is 32.9 Å². The van der Waals surface area contributed by atoms with Crippen LogP contribution in [0.5, 0.6) is 0 Å². The van der Waals surface area contributed by atoms with Gasteiger partial charge in [-0.3, -0.25) is 0 Å². The average Bonchev–Trinajstić information content (AvgIpc) is 2.37. The molecule has 2 N–H and O–H groups in total. The summed E-state index contributed by atoms with van der Waals surface area (Å²) in [6, 6.07) is 11.0. The molecule has 21 heavy (non-hydrogen) atoms. The first-order chi connectivity index (χ1) is 9.75. The van der Waals surface area contributed by atoms with E-state index in [0.29, 0.717) is 5.82 Å². The monoisotopic (exact) mass is 396 g/mol. The summed E-state index contributed by atoms with van der Waals surface area (Å²) in [5.74, 6) is -0.407. The van der Waals surface area contributed by atoms with Gasteiger partial charge in [-0.15, -0.1) is 0 Å². The van der Waals surface area contributed by atoms with E-state index >= 15 is 0 Å². The van der Waals surface area contributed by atoms with Gasteiger partial charge in [0.1, 0.15) is 5.82 Å². The third-order valence-corrected chi connectivity index (χ3v) is 3.61. The fourth-order valence-electron chi connectivity index (χ4n) is 1.82. The summed E-state index contributed by atoms with van der Waals surface area (Å²) < 4.78 is 1.10. The van der Waals surface area contributed by atoms with Crippen LogP contribution in [-0.4, -0.2) is 16.1 Å². The van der Waals surface area contributed by atoms with Gasteiger partial charge in [0.15, 0.2) is 0 Å². The van der Waals surface area contributed by atoms with E-state index in [-0.39, 0.29) is 11.0 Å². The molecule has 1 heterocycles. The number of anilines is 2. The van der Waals surface area contributed by atoms with Crippen molar-refractivity contribution in [2.45, 2.75) is 26.2 Å². The number of carboxylic acid groups (broad SMARTS) is 1. The maximum Gasteiger partial charge on any atom is 0.335 e. The zero-order chi connectivity index (χ0) is 15.6. The van der Waals surface area contributed by atoms with E-state index < -0.39 is 5.97 Å². The number of hydrogen-bond donors (Lipinski definition) is 2. The van der Waals surface area contributed by atoms with Gasteiger partial charge in [-0.05, 0) is 52.9 Å². The highest BCUT2D eigenvalue weighted by Crippen LogP contribution is 2.25. The molecule has 1 aromatic carbocycles. The molecular weight excluding hydrogens is 379 g/mol. The molecule has 5 heteroatoms. The first-order valence-corrected chi connectivity index (χ1v) is 7.62. The fraction of sp³-hybridized carbons (Fsp3) is 0.250. The van der Waals surface area contributed by atoms with Crippen molar-refractivity contribution < 1.29 is 9.90 Å². The molecule has 110 valence electrons. The molecule has 0 bridgehead atoms. The molecule has 2 aromatic rings. The van der Waals surface area contributed by atoms with Gasteiger partial charge in [0.2, 0.25) is 0 Å². The molecule has 0 amide bonds. The van der Waals surface area contributed by atoms with Gasteiger partial charge in [0, 0.05) is 20.4 Å². The van der Waals surface area contributed by atoms with Gasteiger partial charge in [-0.1, -0.05) is 26.8 Å². The summed E-state index contributed by atoms with van der Waals surface area (Å²) in [5, 5.41) is 12.4. The molecule has 1 aromatic heterocycles. The van der Waals surface area contributed by atoms with E-state index in [1.807, 2.05) is 45.0 Å². The lowest BCUT2D eigenvalue weighted by Gasteiger charge is -2.19. The topological polar surface area (TPSA) is 62.2 Å². The van der Waals surface area contributed by atoms with Gasteiger partial charge in [0.25, 0.3) is 0 Å². The van der Waals surface area contributed by atoms with Gasteiger partial charge in [-0.25, -0.2) is 9.78 Å². The van der Waals surface area contributed by atoms with Crippen molar-refractivity contribution in [3.8, 4) is 0 Å². The second-order valence-corrected chi connectivity index (χ2v) is 7.06. The minimum atomic E-state index is -0.950. The number of rotatable bonds is 3. The number of nitrogens with one attached hydrogen (secondary N) is 1. The Labute approximate surface area is 137 Å². The Bertz CT molecular complexity index is 678. The van der Waals surface area contributed by atoms with Crippen LogP contribution in [0.25, 0.3) is 0 Å². The molecule has 0 saturated carbocycles. The molecule has 0 aliphatic heterocycles. The largest absolute Gasteiger partial charge is 0.478 e. The number of halogens is 1. The van der Waals surface area contributed by atoms with Crippen molar-refractivity contribution in [2.75, 3.05) is 5.32 Å². The number of nitrogens with zero attached hydrogens (tertiary/aromatic N) is 1. The number of pyridine rings is 1. The molecule has 0 atom stereocenters. The van der Waals surface area contributed by atoms with Gasteiger partial charge in [-0.2, -0.15) is 0 Å². The van der Waals surface area contributed by atoms with Crippen LogP contribution in [0.4, 0.5) is 11.5 Å². The summed E-state index contributed by atoms with van der Waals surface area (Å²) >= 11 is 2.23. The maximum atomic E-state index is 11.3. The highest BCUT2D eigenvalue weighted by molar-refractivity contribution is 14.1. The lowest BCUT2D eigenvalue weighted by atomic mass is 9.91. The Hall–Kier alpha value is -1.63. The third kappa shape index (κ3) is 4.17. The van der Waals surface area contributed by atoms with Crippen LogP contribution in [-0.2, 0) is 5.41 Å². The first kappa shape index (κ1) is 15.8. The van der Waals surface area contributed by atoms with Crippen molar-refractivity contribution in [3.05, 3.63) is 51.2 Å². The first-order valence-electron chi connectivity index (χ1n) is 6.54. The molecule has 0 spiro atoms. The van der Waals surface area contributed by atoms with Crippen molar-refractivity contribution in [1.82, 2.24) is 4.98 Å². The van der Waals surface area contributed by atoms with Crippen LogP contribution >= 0.6 is 22.6 Å². The summed E-state index contributed by atoms with van der Waals surface area (Å²) in [5.41, 5.74) is 1.66. The molecule has 0 saturated heterocycles. The number of hydrogen-bond acceptors (Lipinski definition) is 3. The van der Waals surface area contributed by atoms with Crippen molar-refractivity contribution >= 4 is 40.1 Å². The van der Waals surface area contributed by atoms with Crippen LogP contribution in [0, 0.1) is 3.57 Å². The zero-order valence-corrected chi connectivity index (χ0v) is 14.3. The van der Waals surface area contributed by atoms with Crippen molar-refractivity contribution in [1.29, 1.82) is 0 Å². The maximum absolute atomic E-state index is 11.3. The number of benzene rings is 1. The quantitative estimate of drug-likeness (QED) is 0.754. The summed E-state index contributed by atoms with van der Waals surface area (Å²) in [6.45, 7) is 6.03. The van der Waals surface area contributed by atoms with Crippen LogP contribution in [0.3, 0.4) is 0 Å². The molecule has 0 aliphatic carbocycles. The molecule has 0 unspecified atom stereocenters. The number of carbonyl (C=O) groups is 1. The molecule has 2 rings (SSSR count). The Morgan fingerprint density at radius 1 is 1.24 bits per heavy atom. The molecule has 4 nitrogen and oxygen atoms in total. The number of aromatic carboxylic acids is 1. The zero-order valence-electron chi connectivity index (χ0n) is 12.1. The Morgan fingerprint density at radius 3 is 2.52 bits per heavy atom. The molecule has 0 aliphatic rings. The predicted octanol–water partition coefficient (Wildman–Crippen LogP) is 4.43. The SMILES string of the molecule is CC(C)(C)c1cc(C(=O)O)cc(Nc2cccc(I)c2)n1. The van der Waals surface area contributed by atoms with E-state index in [9.17, 15) is 9.90 Å². The van der Waals surface area contributed by atoms with Crippen molar-refractivity contribution in [3.63, 3.8) is 0 Å². The van der Waals surface area contributed by atoms with Gasteiger partial charge in [0.05, 0.1) is 5.56 Å². The van der Waals surface area contributed by atoms with Crippen molar-refractivity contribution in [2.24, 2.45) is 0 Å². The normalized spacial score (nSPS) is 11.2. The highest BCUT2D eigenvalue weighted by Gasteiger charge is 2.19. The smallest absolute Gasteiger partial charge is 0.335 e. The standard InChI is InChI=1S/C16H17IN2O2/c1-16(2,3)13-7-10(15(20)21)8-14(19-13)18-12-6-4-5-11(17)9-12/h4-9H,1-3H3,(H,18,19)(H,20,21). The number of aromatic nitrogens is 1. The van der Waals surface area contributed by atoms with Crippen LogP contribution in [0.2, 0.25) is 0 Å². The van der Waals surface area contributed by atoms with Gasteiger partial charge < -0.3 is 10.4 Å². The van der Waals surface area contributed by atoms with E-state index in [1.165, 1.54) is 0 Å². The number of carboxylic acids is 1. The minimum Gasteiger partial charge on any atom is -0.478 e. The van der Waals surface area contributed by atoms with Crippen LogP contribution < -0.4 is 5.32 Å². The lowest BCUT2D eigenvalue weighted by Crippen LogP contribution is -2.16. The average molecular weight is 396 g/mol. The van der Waals surface area contributed by atoms with E-state index in [4.69, 9.17) is 0 Å². The summed E-state index contributed by atoms with van der Waals surface area (Å²) in [4.78, 5) is 15.8. The lowest BCUT2D eigenvalue weighted by molar-refractivity contribution is 0.0696. The van der Waals surface area contributed by atoms with E-state index in [0.717, 1.165) is 15.0 Å². The molecule has 0 radical (unpaired) electrons. The summed E-state index contributed by atoms with van der Waals surface area (Å²) in [6.07, 6.45) is 0.